The number of fused-ring (bicyclic) bond motifs is 2. The predicted molar refractivity (Wildman–Crippen MR) is 87.2 cm³/mol. The number of hydrogen-bond acceptors (Lipinski definition) is 5. The fraction of sp³-hybridized carbons (Fsp3) is 0.222. The van der Waals surface area contributed by atoms with Crippen molar-refractivity contribution in [3.63, 3.8) is 0 Å². The van der Waals surface area contributed by atoms with Crippen molar-refractivity contribution in [2.75, 3.05) is 0 Å². The lowest BCUT2D eigenvalue weighted by Gasteiger charge is -2.13. The number of hydrogen-bond donors (Lipinski definition) is 1. The van der Waals surface area contributed by atoms with Gasteiger partial charge in [0.05, 0.1) is 5.39 Å². The number of rotatable bonds is 3. The van der Waals surface area contributed by atoms with Crippen LogP contribution in [0.2, 0.25) is 0 Å². The predicted octanol–water partition coefficient (Wildman–Crippen LogP) is 3.32. The molecule has 0 fully saturated rings. The number of aryl methyl sites for hydroxylation is 1. The molecule has 0 spiro atoms. The summed E-state index contributed by atoms with van der Waals surface area (Å²) in [5.74, 6) is -0.0976. The molecule has 0 amide bonds. The molecule has 0 aliphatic heterocycles. The normalized spacial score (nSPS) is 12.5. The number of benzene rings is 2. The van der Waals surface area contributed by atoms with Gasteiger partial charge in [-0.1, -0.05) is 12.1 Å². The molecule has 1 heterocycles. The second-order valence-electron chi connectivity index (χ2n) is 5.57. The fourth-order valence-electron chi connectivity index (χ4n) is 2.45. The Morgan fingerprint density at radius 1 is 1.30 bits per heavy atom. The van der Waals surface area contributed by atoms with Crippen LogP contribution in [0.25, 0.3) is 21.9 Å². The summed E-state index contributed by atoms with van der Waals surface area (Å²) in [6, 6.07) is 8.11. The summed E-state index contributed by atoms with van der Waals surface area (Å²) in [5.41, 5.74) is 1.22. The fourth-order valence-corrected chi connectivity index (χ4v) is 2.45. The average molecular weight is 312 g/mol. The molecule has 0 bridgehead atoms. The Labute approximate surface area is 132 Å². The molecule has 1 N–H and O–H groups in total. The highest BCUT2D eigenvalue weighted by atomic mass is 16.5. The number of ether oxygens (including phenoxy) is 1. The molecule has 0 saturated carbocycles. The minimum atomic E-state index is -0.652. The van der Waals surface area contributed by atoms with Gasteiger partial charge < -0.3 is 14.3 Å². The molecule has 0 saturated heterocycles. The molecule has 23 heavy (non-hydrogen) atoms. The third kappa shape index (κ3) is 2.54. The first kappa shape index (κ1) is 15.1. The SMILES string of the molecule is CC(=O)[C@@H](C)Oc1cc(O)c2c(=O)c3cccc(C)c3oc2c1. The Morgan fingerprint density at radius 3 is 2.74 bits per heavy atom. The number of carbonyl (C=O) groups is 1. The van der Waals surface area contributed by atoms with E-state index < -0.39 is 6.10 Å². The first-order chi connectivity index (χ1) is 10.9. The second-order valence-corrected chi connectivity index (χ2v) is 5.57. The van der Waals surface area contributed by atoms with Crippen LogP contribution in [-0.2, 0) is 4.79 Å². The van der Waals surface area contributed by atoms with Gasteiger partial charge in [0.25, 0.3) is 0 Å². The van der Waals surface area contributed by atoms with E-state index in [1.807, 2.05) is 13.0 Å². The summed E-state index contributed by atoms with van der Waals surface area (Å²) in [5, 5.41) is 10.7. The van der Waals surface area contributed by atoms with Crippen LogP contribution >= 0.6 is 0 Å². The first-order valence-corrected chi connectivity index (χ1v) is 7.24. The van der Waals surface area contributed by atoms with Crippen LogP contribution in [-0.4, -0.2) is 17.0 Å². The van der Waals surface area contributed by atoms with Crippen LogP contribution in [0.4, 0.5) is 0 Å². The molecule has 1 atom stereocenters. The summed E-state index contributed by atoms with van der Waals surface area (Å²) in [4.78, 5) is 23.9. The standard InChI is InChI=1S/C18H16O5/c1-9-5-4-6-13-17(21)16-14(20)7-12(22-11(3)10(2)19)8-15(16)23-18(9)13/h4-8,11,20H,1-3H3/t11-/m1/s1. The van der Waals surface area contributed by atoms with Crippen LogP contribution in [0.5, 0.6) is 11.5 Å². The molecule has 3 rings (SSSR count). The van der Waals surface area contributed by atoms with E-state index >= 15 is 0 Å². The van der Waals surface area contributed by atoms with Crippen LogP contribution in [0.1, 0.15) is 19.4 Å². The van der Waals surface area contributed by atoms with Crippen molar-refractivity contribution < 1.29 is 19.1 Å². The van der Waals surface area contributed by atoms with Crippen molar-refractivity contribution in [3.8, 4) is 11.5 Å². The van der Waals surface area contributed by atoms with Crippen molar-refractivity contribution in [1.82, 2.24) is 0 Å². The van der Waals surface area contributed by atoms with Crippen molar-refractivity contribution in [1.29, 1.82) is 0 Å². The minimum Gasteiger partial charge on any atom is -0.507 e. The molecule has 0 unspecified atom stereocenters. The lowest BCUT2D eigenvalue weighted by atomic mass is 10.1. The van der Waals surface area contributed by atoms with Gasteiger partial charge in [0, 0.05) is 12.1 Å². The van der Waals surface area contributed by atoms with E-state index in [1.54, 1.807) is 19.1 Å². The summed E-state index contributed by atoms with van der Waals surface area (Å²) in [6.07, 6.45) is -0.652. The maximum atomic E-state index is 12.6. The monoisotopic (exact) mass is 312 g/mol. The van der Waals surface area contributed by atoms with Gasteiger partial charge in [-0.2, -0.15) is 0 Å². The highest BCUT2D eigenvalue weighted by molar-refractivity contribution is 5.94. The number of para-hydroxylation sites is 1. The zero-order chi connectivity index (χ0) is 16.7. The number of aromatic hydroxyl groups is 1. The van der Waals surface area contributed by atoms with Crippen LogP contribution in [0.15, 0.2) is 39.5 Å². The third-order valence-corrected chi connectivity index (χ3v) is 3.84. The number of phenols is 1. The number of phenolic OH excluding ortho intramolecular Hbond substituents is 1. The van der Waals surface area contributed by atoms with Gasteiger partial charge in [0.1, 0.15) is 28.1 Å². The Morgan fingerprint density at radius 2 is 2.04 bits per heavy atom. The Kier molecular flexibility index (Phi) is 3.56. The maximum absolute atomic E-state index is 12.6. The zero-order valence-electron chi connectivity index (χ0n) is 13.0. The summed E-state index contributed by atoms with van der Waals surface area (Å²) in [7, 11) is 0. The highest BCUT2D eigenvalue weighted by Gasteiger charge is 2.16. The van der Waals surface area contributed by atoms with E-state index in [1.165, 1.54) is 19.1 Å². The third-order valence-electron chi connectivity index (χ3n) is 3.84. The van der Waals surface area contributed by atoms with Crippen molar-refractivity contribution >= 4 is 27.7 Å². The molecule has 0 aliphatic rings. The van der Waals surface area contributed by atoms with Crippen LogP contribution in [0.3, 0.4) is 0 Å². The molecule has 3 aromatic rings. The average Bonchev–Trinajstić information content (AvgIpc) is 2.48. The number of ketones is 1. The summed E-state index contributed by atoms with van der Waals surface area (Å²) in [6.45, 7) is 4.88. The van der Waals surface area contributed by atoms with Crippen molar-refractivity contribution in [2.24, 2.45) is 0 Å². The number of carbonyl (C=O) groups excluding carboxylic acids is 1. The molecule has 0 aliphatic carbocycles. The Bertz CT molecular complexity index is 984. The molecule has 5 heteroatoms. The summed E-state index contributed by atoms with van der Waals surface area (Å²) >= 11 is 0. The molecule has 5 nitrogen and oxygen atoms in total. The van der Waals surface area contributed by atoms with Crippen LogP contribution < -0.4 is 10.2 Å². The maximum Gasteiger partial charge on any atom is 0.204 e. The first-order valence-electron chi connectivity index (χ1n) is 7.24. The number of Topliss-reactive ketones (excluding diaryl/α,β-unsaturated/α-hetero) is 1. The smallest absolute Gasteiger partial charge is 0.204 e. The van der Waals surface area contributed by atoms with Gasteiger partial charge in [-0.25, -0.2) is 0 Å². The van der Waals surface area contributed by atoms with E-state index in [0.717, 1.165) is 5.56 Å². The van der Waals surface area contributed by atoms with Crippen molar-refractivity contribution in [2.45, 2.75) is 26.9 Å². The summed E-state index contributed by atoms with van der Waals surface area (Å²) < 4.78 is 11.3. The van der Waals surface area contributed by atoms with Gasteiger partial charge in [0.15, 0.2) is 11.9 Å². The molecule has 1 aromatic heterocycles. The van der Waals surface area contributed by atoms with E-state index in [-0.39, 0.29) is 33.7 Å². The van der Waals surface area contributed by atoms with Gasteiger partial charge in [-0.15, -0.1) is 0 Å². The quantitative estimate of drug-likeness (QED) is 0.751. The topological polar surface area (TPSA) is 76.7 Å². The Balaban J connectivity index is 2.28. The highest BCUT2D eigenvalue weighted by Crippen LogP contribution is 2.31. The lowest BCUT2D eigenvalue weighted by molar-refractivity contribution is -0.122. The minimum absolute atomic E-state index is 0.103. The largest absolute Gasteiger partial charge is 0.507 e. The van der Waals surface area contributed by atoms with Gasteiger partial charge in [0.2, 0.25) is 5.43 Å². The molecule has 0 radical (unpaired) electrons. The molecular weight excluding hydrogens is 296 g/mol. The van der Waals surface area contributed by atoms with E-state index in [0.29, 0.717) is 11.0 Å². The molecule has 118 valence electrons. The second kappa shape index (κ2) is 5.43. The zero-order valence-corrected chi connectivity index (χ0v) is 13.0. The van der Waals surface area contributed by atoms with Gasteiger partial charge in [-0.05, 0) is 32.4 Å². The van der Waals surface area contributed by atoms with E-state index in [4.69, 9.17) is 9.15 Å². The lowest BCUT2D eigenvalue weighted by Crippen LogP contribution is -2.20. The van der Waals surface area contributed by atoms with Crippen molar-refractivity contribution in [3.05, 3.63) is 46.1 Å². The molecular formula is C18H16O5. The van der Waals surface area contributed by atoms with Crippen LogP contribution in [0, 0.1) is 6.92 Å². The van der Waals surface area contributed by atoms with Gasteiger partial charge >= 0.3 is 0 Å². The van der Waals surface area contributed by atoms with E-state index in [9.17, 15) is 14.7 Å². The Hall–Kier alpha value is -2.82. The van der Waals surface area contributed by atoms with E-state index in [2.05, 4.69) is 0 Å². The molecule has 2 aromatic carbocycles. The van der Waals surface area contributed by atoms with Gasteiger partial charge in [-0.3, -0.25) is 9.59 Å².